The van der Waals surface area contributed by atoms with Gasteiger partial charge >= 0.3 is 0 Å². The fourth-order valence-corrected chi connectivity index (χ4v) is 2.03. The number of carbonyl (C=O) groups excluding carboxylic acids is 1. The third kappa shape index (κ3) is 5.04. The van der Waals surface area contributed by atoms with E-state index in [1.165, 1.54) is 0 Å². The third-order valence-electron chi connectivity index (χ3n) is 2.69. The summed E-state index contributed by atoms with van der Waals surface area (Å²) < 4.78 is 0. The van der Waals surface area contributed by atoms with Crippen molar-refractivity contribution in [2.45, 2.75) is 13.0 Å². The highest BCUT2D eigenvalue weighted by molar-refractivity contribution is 7.98. The zero-order valence-corrected chi connectivity index (χ0v) is 13.3. The molecule has 0 fully saturated rings. The summed E-state index contributed by atoms with van der Waals surface area (Å²) >= 11 is 1.65. The van der Waals surface area contributed by atoms with Crippen molar-refractivity contribution in [2.24, 2.45) is 5.73 Å². The average molecular weight is 328 g/mol. The van der Waals surface area contributed by atoms with Crippen LogP contribution < -0.4 is 11.1 Å². The Bertz CT molecular complexity index is 572. The molecule has 1 aromatic carbocycles. The van der Waals surface area contributed by atoms with E-state index in [1.807, 2.05) is 30.5 Å². The van der Waals surface area contributed by atoms with Gasteiger partial charge in [0.05, 0.1) is 6.54 Å². The van der Waals surface area contributed by atoms with Gasteiger partial charge in [0, 0.05) is 23.4 Å². The predicted octanol–water partition coefficient (Wildman–Crippen LogP) is 2.04. The van der Waals surface area contributed by atoms with Gasteiger partial charge < -0.3 is 11.1 Å². The van der Waals surface area contributed by atoms with Crippen molar-refractivity contribution in [3.63, 3.8) is 0 Å². The number of hydrogen-bond acceptors (Lipinski definition) is 5. The van der Waals surface area contributed by atoms with E-state index in [-0.39, 0.29) is 18.3 Å². The van der Waals surface area contributed by atoms with Crippen LogP contribution in [0.25, 0.3) is 11.4 Å². The molecule has 8 heteroatoms. The van der Waals surface area contributed by atoms with Crippen LogP contribution in [0.5, 0.6) is 0 Å². The van der Waals surface area contributed by atoms with Crippen molar-refractivity contribution in [3.05, 3.63) is 30.1 Å². The van der Waals surface area contributed by atoms with Crippen molar-refractivity contribution in [1.29, 1.82) is 0 Å². The van der Waals surface area contributed by atoms with Gasteiger partial charge in [-0.05, 0) is 30.5 Å². The Morgan fingerprint density at radius 1 is 1.38 bits per heavy atom. The summed E-state index contributed by atoms with van der Waals surface area (Å²) in [5.41, 5.74) is 7.13. The molecule has 0 saturated carbocycles. The second kappa shape index (κ2) is 8.66. The van der Waals surface area contributed by atoms with Gasteiger partial charge in [0.1, 0.15) is 5.82 Å². The first-order valence-corrected chi connectivity index (χ1v) is 7.63. The lowest BCUT2D eigenvalue weighted by Gasteiger charge is -2.05. The number of benzene rings is 1. The number of aromatic nitrogens is 3. The van der Waals surface area contributed by atoms with Crippen molar-refractivity contribution in [1.82, 2.24) is 15.2 Å². The molecule has 21 heavy (non-hydrogen) atoms. The van der Waals surface area contributed by atoms with Crippen LogP contribution in [0.15, 0.2) is 24.3 Å². The normalized spacial score (nSPS) is 10.0. The lowest BCUT2D eigenvalue weighted by atomic mass is 10.2. The summed E-state index contributed by atoms with van der Waals surface area (Å²) in [6.45, 7) is 0.330. The molecule has 0 radical (unpaired) electrons. The zero-order valence-electron chi connectivity index (χ0n) is 11.6. The zero-order chi connectivity index (χ0) is 14.4. The number of halogens is 1. The monoisotopic (exact) mass is 327 g/mol. The smallest absolute Gasteiger partial charge is 0.225 e. The molecule has 4 N–H and O–H groups in total. The highest BCUT2D eigenvalue weighted by Crippen LogP contribution is 2.18. The highest BCUT2D eigenvalue weighted by atomic mass is 35.5. The summed E-state index contributed by atoms with van der Waals surface area (Å²) in [6.07, 6.45) is 2.50. The first kappa shape index (κ1) is 17.5. The quantitative estimate of drug-likeness (QED) is 0.754. The molecule has 1 amide bonds. The summed E-state index contributed by atoms with van der Waals surface area (Å²) in [4.78, 5) is 15.8. The van der Waals surface area contributed by atoms with Crippen molar-refractivity contribution >= 4 is 35.8 Å². The van der Waals surface area contributed by atoms with Crippen molar-refractivity contribution in [2.75, 3.05) is 17.3 Å². The molecule has 2 rings (SSSR count). The molecular formula is C13H18ClN5OS. The molecular weight excluding hydrogens is 310 g/mol. The summed E-state index contributed by atoms with van der Waals surface area (Å²) in [7, 11) is 0. The Balaban J connectivity index is 0.00000220. The molecule has 0 aliphatic carbocycles. The molecule has 1 heterocycles. The van der Waals surface area contributed by atoms with Gasteiger partial charge in [-0.15, -0.1) is 12.4 Å². The number of nitrogens with two attached hydrogens (primary N) is 1. The lowest BCUT2D eigenvalue weighted by Crippen LogP contribution is -2.11. The highest BCUT2D eigenvalue weighted by Gasteiger charge is 2.06. The van der Waals surface area contributed by atoms with Crippen molar-refractivity contribution < 1.29 is 4.79 Å². The number of thioether (sulfide) groups is 1. The van der Waals surface area contributed by atoms with E-state index < -0.39 is 0 Å². The lowest BCUT2D eigenvalue weighted by molar-refractivity contribution is -0.115. The minimum absolute atomic E-state index is 0. The number of rotatable bonds is 6. The second-order valence-electron chi connectivity index (χ2n) is 4.18. The first-order valence-electron chi connectivity index (χ1n) is 6.23. The topological polar surface area (TPSA) is 96.7 Å². The second-order valence-corrected chi connectivity index (χ2v) is 5.16. The van der Waals surface area contributed by atoms with Gasteiger partial charge in [-0.25, -0.2) is 4.98 Å². The maximum Gasteiger partial charge on any atom is 0.225 e. The molecule has 0 spiro atoms. The van der Waals surface area contributed by atoms with E-state index in [1.54, 1.807) is 11.8 Å². The molecule has 0 atom stereocenters. The number of carbonyl (C=O) groups is 1. The molecule has 114 valence electrons. The van der Waals surface area contributed by atoms with Crippen LogP contribution in [0.4, 0.5) is 5.69 Å². The largest absolute Gasteiger partial charge is 0.326 e. The van der Waals surface area contributed by atoms with Gasteiger partial charge in [-0.1, -0.05) is 0 Å². The van der Waals surface area contributed by atoms with Crippen LogP contribution >= 0.6 is 24.2 Å². The molecule has 2 aromatic rings. The summed E-state index contributed by atoms with van der Waals surface area (Å²) in [5, 5.41) is 9.70. The Hall–Kier alpha value is -1.57. The molecule has 0 unspecified atom stereocenters. The number of anilines is 1. The van der Waals surface area contributed by atoms with Gasteiger partial charge in [-0.3, -0.25) is 9.89 Å². The number of hydrogen-bond donors (Lipinski definition) is 3. The summed E-state index contributed by atoms with van der Waals surface area (Å²) in [5.74, 6) is 2.10. The molecule has 1 aromatic heterocycles. The molecule has 0 bridgehead atoms. The van der Waals surface area contributed by atoms with Crippen LogP contribution in [0.1, 0.15) is 12.2 Å². The minimum atomic E-state index is 0. The van der Waals surface area contributed by atoms with Crippen LogP contribution in [-0.4, -0.2) is 33.1 Å². The van der Waals surface area contributed by atoms with Gasteiger partial charge in [0.2, 0.25) is 5.91 Å². The number of aromatic amines is 1. The first-order chi connectivity index (χ1) is 9.72. The molecule has 0 saturated heterocycles. The summed E-state index contributed by atoms with van der Waals surface area (Å²) in [6, 6.07) is 7.41. The van der Waals surface area contributed by atoms with Gasteiger partial charge in [0.25, 0.3) is 0 Å². The van der Waals surface area contributed by atoms with E-state index in [0.29, 0.717) is 24.6 Å². The Morgan fingerprint density at radius 2 is 2.10 bits per heavy atom. The van der Waals surface area contributed by atoms with E-state index >= 15 is 0 Å². The van der Waals surface area contributed by atoms with E-state index in [2.05, 4.69) is 20.5 Å². The van der Waals surface area contributed by atoms with E-state index in [4.69, 9.17) is 5.73 Å². The Kier molecular flexibility index (Phi) is 7.21. The van der Waals surface area contributed by atoms with Gasteiger partial charge in [0.15, 0.2) is 5.82 Å². The number of amides is 1. The number of nitrogens with one attached hydrogen (secondary N) is 2. The SMILES string of the molecule is CSCCC(=O)Nc1ccc(-c2n[nH]c(CN)n2)cc1.Cl. The minimum Gasteiger partial charge on any atom is -0.326 e. The molecule has 0 aliphatic heterocycles. The van der Waals surface area contributed by atoms with Crippen LogP contribution in [0, 0.1) is 0 Å². The van der Waals surface area contributed by atoms with Crippen molar-refractivity contribution in [3.8, 4) is 11.4 Å². The standard InChI is InChI=1S/C13H17N5OS.ClH/c1-20-7-6-12(19)15-10-4-2-9(3-5-10)13-16-11(8-14)17-18-13;/h2-5H,6-8,14H2,1H3,(H,15,19)(H,16,17,18);1H. The van der Waals surface area contributed by atoms with E-state index in [9.17, 15) is 4.79 Å². The van der Waals surface area contributed by atoms with E-state index in [0.717, 1.165) is 17.0 Å². The number of H-pyrrole nitrogens is 1. The number of nitrogens with zero attached hydrogens (tertiary/aromatic N) is 2. The maximum atomic E-state index is 11.6. The molecule has 0 aliphatic rings. The average Bonchev–Trinajstić information content (AvgIpc) is 2.95. The predicted molar refractivity (Wildman–Crippen MR) is 88.6 cm³/mol. The molecule has 6 nitrogen and oxygen atoms in total. The van der Waals surface area contributed by atoms with Crippen LogP contribution in [-0.2, 0) is 11.3 Å². The maximum absolute atomic E-state index is 11.6. The Morgan fingerprint density at radius 3 is 2.67 bits per heavy atom. The fraction of sp³-hybridized carbons (Fsp3) is 0.308. The van der Waals surface area contributed by atoms with Gasteiger partial charge in [-0.2, -0.15) is 16.9 Å². The fourth-order valence-electron chi connectivity index (χ4n) is 1.64. The van der Waals surface area contributed by atoms with Crippen LogP contribution in [0.3, 0.4) is 0 Å². The van der Waals surface area contributed by atoms with Crippen LogP contribution in [0.2, 0.25) is 0 Å². The Labute approximate surface area is 133 Å². The third-order valence-corrected chi connectivity index (χ3v) is 3.30.